The van der Waals surface area contributed by atoms with Gasteiger partial charge in [0, 0.05) is 25.6 Å². The molecule has 0 unspecified atom stereocenters. The number of nitrogens with zero attached hydrogens (tertiary/aromatic N) is 2. The third kappa shape index (κ3) is 7.63. The van der Waals surface area contributed by atoms with Gasteiger partial charge < -0.3 is 35.1 Å². The van der Waals surface area contributed by atoms with E-state index in [9.17, 15) is 28.8 Å². The number of ether oxygens (including phenoxy) is 1. The number of aldehydes is 1. The largest absolute Gasteiger partial charge is 0.481 e. The molecule has 0 saturated carbocycles. The number of aliphatic carboxylic acids is 1. The zero-order valence-corrected chi connectivity index (χ0v) is 20.7. The highest BCUT2D eigenvalue weighted by Crippen LogP contribution is 2.32. The van der Waals surface area contributed by atoms with Crippen molar-refractivity contribution in [1.82, 2.24) is 10.6 Å². The van der Waals surface area contributed by atoms with Crippen molar-refractivity contribution >= 4 is 47.3 Å². The maximum atomic E-state index is 13.1. The molecule has 3 rings (SSSR count). The van der Waals surface area contributed by atoms with Gasteiger partial charge in [0.05, 0.1) is 36.4 Å². The van der Waals surface area contributed by atoms with Crippen LogP contribution in [0.3, 0.4) is 0 Å². The van der Waals surface area contributed by atoms with Crippen molar-refractivity contribution in [3.63, 3.8) is 0 Å². The van der Waals surface area contributed by atoms with Gasteiger partial charge in [0.1, 0.15) is 6.29 Å². The van der Waals surface area contributed by atoms with Crippen LogP contribution in [0, 0.1) is 0 Å². The van der Waals surface area contributed by atoms with Crippen LogP contribution in [0.4, 0.5) is 11.4 Å². The molecule has 0 spiro atoms. The summed E-state index contributed by atoms with van der Waals surface area (Å²) in [5.74, 6) is -3.40. The van der Waals surface area contributed by atoms with Crippen LogP contribution in [-0.4, -0.2) is 79.4 Å². The van der Waals surface area contributed by atoms with Gasteiger partial charge in [0.2, 0.25) is 5.91 Å². The second-order valence-electron chi connectivity index (χ2n) is 8.60. The number of carbonyl (C=O) groups excluding carboxylic acids is 5. The predicted molar refractivity (Wildman–Crippen MR) is 136 cm³/mol. The molecule has 38 heavy (non-hydrogen) atoms. The summed E-state index contributed by atoms with van der Waals surface area (Å²) in [7, 11) is 0. The quantitative estimate of drug-likeness (QED) is 0.294. The standard InChI is InChI=1S/C26H28N4O8/c1-17(32)38-16-24(34)30-13-20(28-26(37)18-7-3-2-4-8-18)12-29(21-9-5-6-10-22(21)30)14-23(33)27-19(15-31)11-25(35)36/h2-10,15,19-20H,11-14,16H2,1H3,(H,27,33)(H,28,37)(H,35,36)/t19-,20+/m0/s1. The van der Waals surface area contributed by atoms with E-state index in [0.717, 1.165) is 0 Å². The van der Waals surface area contributed by atoms with E-state index >= 15 is 0 Å². The van der Waals surface area contributed by atoms with Gasteiger partial charge >= 0.3 is 11.9 Å². The molecule has 3 N–H and O–H groups in total. The third-order valence-corrected chi connectivity index (χ3v) is 5.67. The lowest BCUT2D eigenvalue weighted by molar-refractivity contribution is -0.145. The highest BCUT2D eigenvalue weighted by Gasteiger charge is 2.32. The van der Waals surface area contributed by atoms with E-state index in [4.69, 9.17) is 9.84 Å². The molecule has 2 aromatic rings. The highest BCUT2D eigenvalue weighted by atomic mass is 16.5. The molecule has 1 aliphatic heterocycles. The first kappa shape index (κ1) is 27.8. The van der Waals surface area contributed by atoms with E-state index in [-0.39, 0.29) is 25.5 Å². The van der Waals surface area contributed by atoms with Crippen molar-refractivity contribution in [2.45, 2.75) is 25.4 Å². The number of hydrogen-bond donors (Lipinski definition) is 3. The van der Waals surface area contributed by atoms with Crippen molar-refractivity contribution in [2.24, 2.45) is 0 Å². The fraction of sp³-hybridized carbons (Fsp3) is 0.308. The van der Waals surface area contributed by atoms with Crippen molar-refractivity contribution < 1.29 is 38.6 Å². The molecule has 2 atom stereocenters. The summed E-state index contributed by atoms with van der Waals surface area (Å²) in [6.07, 6.45) is -0.222. The van der Waals surface area contributed by atoms with Crippen LogP contribution in [0.25, 0.3) is 0 Å². The van der Waals surface area contributed by atoms with Gasteiger partial charge in [-0.25, -0.2) is 0 Å². The lowest BCUT2D eigenvalue weighted by Gasteiger charge is -2.27. The van der Waals surface area contributed by atoms with Crippen molar-refractivity contribution in [3.05, 3.63) is 60.2 Å². The average molecular weight is 525 g/mol. The number of fused-ring (bicyclic) bond motifs is 1. The van der Waals surface area contributed by atoms with Crippen LogP contribution in [0.5, 0.6) is 0 Å². The molecular formula is C26H28N4O8. The highest BCUT2D eigenvalue weighted by molar-refractivity contribution is 6.00. The SMILES string of the molecule is CC(=O)OCC(=O)N1C[C@H](NC(=O)c2ccccc2)CN(CC(=O)N[C@H](C=O)CC(=O)O)c2ccccc21. The normalized spacial score (nSPS) is 15.3. The number of esters is 1. The summed E-state index contributed by atoms with van der Waals surface area (Å²) >= 11 is 0. The molecule has 2 aromatic carbocycles. The van der Waals surface area contributed by atoms with E-state index in [2.05, 4.69) is 10.6 Å². The van der Waals surface area contributed by atoms with Crippen LogP contribution in [0.15, 0.2) is 54.6 Å². The Hall–Kier alpha value is -4.74. The van der Waals surface area contributed by atoms with E-state index in [1.54, 1.807) is 59.5 Å². The molecular weight excluding hydrogens is 496 g/mol. The monoisotopic (exact) mass is 524 g/mol. The summed E-state index contributed by atoms with van der Waals surface area (Å²) in [5, 5.41) is 14.2. The number of anilines is 2. The number of rotatable bonds is 10. The lowest BCUT2D eigenvalue weighted by Crippen LogP contribution is -2.51. The first-order chi connectivity index (χ1) is 18.2. The Bertz CT molecular complexity index is 1200. The number of hydrogen-bond acceptors (Lipinski definition) is 8. The maximum Gasteiger partial charge on any atom is 0.305 e. The molecule has 0 aliphatic carbocycles. The van der Waals surface area contributed by atoms with E-state index in [0.29, 0.717) is 23.2 Å². The third-order valence-electron chi connectivity index (χ3n) is 5.67. The van der Waals surface area contributed by atoms with Gasteiger partial charge in [-0.15, -0.1) is 0 Å². The molecule has 12 heteroatoms. The summed E-state index contributed by atoms with van der Waals surface area (Å²) < 4.78 is 4.90. The number of carboxylic acid groups (broad SMARTS) is 1. The fourth-order valence-electron chi connectivity index (χ4n) is 4.02. The minimum Gasteiger partial charge on any atom is -0.481 e. The van der Waals surface area contributed by atoms with Gasteiger partial charge in [0.15, 0.2) is 6.61 Å². The van der Waals surface area contributed by atoms with Gasteiger partial charge in [-0.2, -0.15) is 0 Å². The Morgan fingerprint density at radius 1 is 1.03 bits per heavy atom. The maximum absolute atomic E-state index is 13.1. The Kier molecular flexibility index (Phi) is 9.52. The first-order valence-electron chi connectivity index (χ1n) is 11.8. The summed E-state index contributed by atoms with van der Waals surface area (Å²) in [5.41, 5.74) is 1.31. The zero-order chi connectivity index (χ0) is 27.7. The fourth-order valence-corrected chi connectivity index (χ4v) is 4.02. The molecule has 0 radical (unpaired) electrons. The molecule has 0 saturated heterocycles. The van der Waals surface area contributed by atoms with Crippen molar-refractivity contribution in [2.75, 3.05) is 36.0 Å². The van der Waals surface area contributed by atoms with Gasteiger partial charge in [-0.1, -0.05) is 30.3 Å². The first-order valence-corrected chi connectivity index (χ1v) is 11.8. The molecule has 0 aromatic heterocycles. The predicted octanol–water partition coefficient (Wildman–Crippen LogP) is 0.360. The van der Waals surface area contributed by atoms with Crippen LogP contribution in [0.2, 0.25) is 0 Å². The molecule has 12 nitrogen and oxygen atoms in total. The second kappa shape index (κ2) is 13.0. The van der Waals surface area contributed by atoms with Gasteiger partial charge in [-0.3, -0.25) is 24.0 Å². The van der Waals surface area contributed by atoms with Crippen LogP contribution in [-0.2, 0) is 28.7 Å². The molecule has 3 amide bonds. The Balaban J connectivity index is 1.91. The average Bonchev–Trinajstić information content (AvgIpc) is 3.04. The minimum absolute atomic E-state index is 0.0176. The summed E-state index contributed by atoms with van der Waals surface area (Å²) in [4.78, 5) is 75.3. The number of para-hydroxylation sites is 2. The Morgan fingerprint density at radius 3 is 2.32 bits per heavy atom. The van der Waals surface area contributed by atoms with Crippen LogP contribution < -0.4 is 20.4 Å². The number of amides is 3. The van der Waals surface area contributed by atoms with Crippen molar-refractivity contribution in [1.29, 1.82) is 0 Å². The molecule has 1 heterocycles. The van der Waals surface area contributed by atoms with Gasteiger partial charge in [0.25, 0.3) is 11.8 Å². The number of carbonyl (C=O) groups is 6. The summed E-state index contributed by atoms with van der Waals surface area (Å²) in [6, 6.07) is 13.3. The number of carboxylic acids is 1. The lowest BCUT2D eigenvalue weighted by atomic mass is 10.2. The molecule has 1 aliphatic rings. The number of benzene rings is 2. The van der Waals surface area contributed by atoms with Crippen molar-refractivity contribution in [3.8, 4) is 0 Å². The molecule has 0 fully saturated rings. The Labute approximate surface area is 218 Å². The van der Waals surface area contributed by atoms with E-state index in [1.165, 1.54) is 11.8 Å². The van der Waals surface area contributed by atoms with Crippen LogP contribution >= 0.6 is 0 Å². The molecule has 0 bridgehead atoms. The topological polar surface area (TPSA) is 162 Å². The second-order valence-corrected chi connectivity index (χ2v) is 8.60. The Morgan fingerprint density at radius 2 is 1.68 bits per heavy atom. The summed E-state index contributed by atoms with van der Waals surface area (Å²) in [6.45, 7) is 0.503. The molecule has 200 valence electrons. The smallest absolute Gasteiger partial charge is 0.305 e. The van der Waals surface area contributed by atoms with Crippen LogP contribution in [0.1, 0.15) is 23.7 Å². The minimum atomic E-state index is -1.24. The number of nitrogens with one attached hydrogen (secondary N) is 2. The van der Waals surface area contributed by atoms with Gasteiger partial charge in [-0.05, 0) is 24.3 Å². The zero-order valence-electron chi connectivity index (χ0n) is 20.7. The van der Waals surface area contributed by atoms with E-state index < -0.39 is 48.9 Å². The van der Waals surface area contributed by atoms with E-state index in [1.807, 2.05) is 0 Å².